The highest BCUT2D eigenvalue weighted by molar-refractivity contribution is 5.85. The first-order chi connectivity index (χ1) is 8.09. The van der Waals surface area contributed by atoms with Crippen molar-refractivity contribution in [2.45, 2.75) is 39.7 Å². The van der Waals surface area contributed by atoms with Crippen molar-refractivity contribution in [3.8, 4) is 0 Å². The van der Waals surface area contributed by atoms with E-state index < -0.39 is 0 Å². The van der Waals surface area contributed by atoms with Crippen LogP contribution in [0.3, 0.4) is 0 Å². The quantitative estimate of drug-likeness (QED) is 0.821. The van der Waals surface area contributed by atoms with Crippen LogP contribution in [-0.4, -0.2) is 4.98 Å². The van der Waals surface area contributed by atoms with Crippen molar-refractivity contribution in [1.29, 1.82) is 0 Å². The van der Waals surface area contributed by atoms with E-state index in [1.165, 1.54) is 28.6 Å². The fraction of sp³-hybridized carbons (Fsp3) is 0.467. The number of nitrogens with two attached hydrogens (primary N) is 1. The zero-order valence-corrected chi connectivity index (χ0v) is 11.0. The van der Waals surface area contributed by atoms with Crippen LogP contribution in [0.2, 0.25) is 0 Å². The molecule has 0 aliphatic heterocycles. The van der Waals surface area contributed by atoms with Gasteiger partial charge in [0, 0.05) is 22.6 Å². The fourth-order valence-electron chi connectivity index (χ4n) is 2.43. The van der Waals surface area contributed by atoms with Gasteiger partial charge in [-0.1, -0.05) is 32.0 Å². The summed E-state index contributed by atoms with van der Waals surface area (Å²) in [5.41, 5.74) is 10.0. The highest BCUT2D eigenvalue weighted by Crippen LogP contribution is 2.29. The van der Waals surface area contributed by atoms with Crippen LogP contribution in [0.1, 0.15) is 44.0 Å². The number of para-hydroxylation sites is 1. The summed E-state index contributed by atoms with van der Waals surface area (Å²) >= 11 is 0. The summed E-state index contributed by atoms with van der Waals surface area (Å²) in [6.07, 6.45) is 2.24. The van der Waals surface area contributed by atoms with Crippen LogP contribution in [0.5, 0.6) is 0 Å². The van der Waals surface area contributed by atoms with Crippen molar-refractivity contribution in [3.05, 3.63) is 35.5 Å². The number of aryl methyl sites for hydroxylation is 1. The van der Waals surface area contributed by atoms with Crippen molar-refractivity contribution in [2.75, 3.05) is 0 Å². The topological polar surface area (TPSA) is 41.8 Å². The van der Waals surface area contributed by atoms with E-state index in [9.17, 15) is 0 Å². The zero-order chi connectivity index (χ0) is 12.4. The molecule has 2 heteroatoms. The molecule has 0 amide bonds. The van der Waals surface area contributed by atoms with Gasteiger partial charge in [-0.05, 0) is 37.3 Å². The third-order valence-electron chi connectivity index (χ3n) is 3.37. The van der Waals surface area contributed by atoms with Crippen LogP contribution in [-0.2, 0) is 0 Å². The molecular formula is C15H22N2. The molecule has 1 aromatic carbocycles. The highest BCUT2D eigenvalue weighted by Gasteiger charge is 2.15. The Labute approximate surface area is 103 Å². The van der Waals surface area contributed by atoms with Crippen LogP contribution in [0, 0.1) is 12.8 Å². The van der Waals surface area contributed by atoms with E-state index in [1.807, 2.05) is 0 Å². The molecule has 0 aliphatic rings. The Kier molecular flexibility index (Phi) is 3.53. The molecule has 0 spiro atoms. The van der Waals surface area contributed by atoms with Crippen molar-refractivity contribution in [2.24, 2.45) is 11.7 Å². The minimum absolute atomic E-state index is 0.147. The second kappa shape index (κ2) is 4.92. The lowest BCUT2D eigenvalue weighted by molar-refractivity contribution is 0.507. The monoisotopic (exact) mass is 230 g/mol. The Morgan fingerprint density at radius 2 is 1.88 bits per heavy atom. The molecule has 17 heavy (non-hydrogen) atoms. The van der Waals surface area contributed by atoms with Gasteiger partial charge in [-0.25, -0.2) is 0 Å². The molecule has 0 aliphatic carbocycles. The van der Waals surface area contributed by atoms with Crippen LogP contribution in [0.15, 0.2) is 24.3 Å². The average Bonchev–Trinajstić information content (AvgIpc) is 2.61. The van der Waals surface area contributed by atoms with Gasteiger partial charge in [0.15, 0.2) is 0 Å². The van der Waals surface area contributed by atoms with E-state index in [-0.39, 0.29) is 6.04 Å². The minimum atomic E-state index is 0.147. The molecule has 0 saturated heterocycles. The number of hydrogen-bond acceptors (Lipinski definition) is 1. The number of H-pyrrole nitrogens is 1. The summed E-state index contributed by atoms with van der Waals surface area (Å²) in [5, 5.41) is 1.28. The van der Waals surface area contributed by atoms with Crippen LogP contribution >= 0.6 is 0 Å². The number of aromatic amines is 1. The molecule has 0 fully saturated rings. The number of nitrogens with one attached hydrogen (secondary N) is 1. The van der Waals surface area contributed by atoms with Crippen molar-refractivity contribution in [3.63, 3.8) is 0 Å². The smallest absolute Gasteiger partial charge is 0.0459 e. The van der Waals surface area contributed by atoms with Gasteiger partial charge in [-0.3, -0.25) is 0 Å². The summed E-state index contributed by atoms with van der Waals surface area (Å²) in [6, 6.07) is 8.55. The maximum absolute atomic E-state index is 6.33. The van der Waals surface area contributed by atoms with Gasteiger partial charge in [0.1, 0.15) is 0 Å². The molecule has 2 nitrogen and oxygen atoms in total. The Morgan fingerprint density at radius 3 is 2.59 bits per heavy atom. The summed E-state index contributed by atoms with van der Waals surface area (Å²) in [4.78, 5) is 3.42. The Morgan fingerprint density at radius 1 is 1.18 bits per heavy atom. The van der Waals surface area contributed by atoms with Gasteiger partial charge in [-0.2, -0.15) is 0 Å². The van der Waals surface area contributed by atoms with E-state index in [0.29, 0.717) is 5.92 Å². The van der Waals surface area contributed by atoms with E-state index >= 15 is 0 Å². The van der Waals surface area contributed by atoms with Gasteiger partial charge in [-0.15, -0.1) is 0 Å². The van der Waals surface area contributed by atoms with Crippen molar-refractivity contribution < 1.29 is 0 Å². The van der Waals surface area contributed by atoms with Gasteiger partial charge >= 0.3 is 0 Å². The van der Waals surface area contributed by atoms with Crippen LogP contribution < -0.4 is 5.73 Å². The van der Waals surface area contributed by atoms with E-state index in [2.05, 4.69) is 50.0 Å². The second-order valence-corrected chi connectivity index (χ2v) is 5.29. The van der Waals surface area contributed by atoms with Gasteiger partial charge < -0.3 is 10.7 Å². The molecule has 1 aromatic heterocycles. The summed E-state index contributed by atoms with van der Waals surface area (Å²) in [5.74, 6) is 0.714. The molecule has 1 atom stereocenters. The molecule has 0 unspecified atom stereocenters. The number of benzene rings is 1. The average molecular weight is 230 g/mol. The molecule has 0 radical (unpaired) electrons. The number of rotatable bonds is 4. The molecule has 0 saturated carbocycles. The van der Waals surface area contributed by atoms with Crippen LogP contribution in [0.4, 0.5) is 0 Å². The molecule has 2 aromatic rings. The number of aromatic nitrogens is 1. The Hall–Kier alpha value is -1.28. The number of fused-ring (bicyclic) bond motifs is 1. The summed E-state index contributed by atoms with van der Waals surface area (Å²) in [6.45, 7) is 6.61. The van der Waals surface area contributed by atoms with Gasteiger partial charge in [0.2, 0.25) is 0 Å². The van der Waals surface area contributed by atoms with Gasteiger partial charge in [0.25, 0.3) is 0 Å². The first-order valence-electron chi connectivity index (χ1n) is 6.42. The molecule has 1 heterocycles. The molecule has 3 N–H and O–H groups in total. The normalized spacial score (nSPS) is 13.5. The highest BCUT2D eigenvalue weighted by atomic mass is 14.7. The summed E-state index contributed by atoms with van der Waals surface area (Å²) < 4.78 is 0. The van der Waals surface area contributed by atoms with Gasteiger partial charge in [0.05, 0.1) is 0 Å². The lowest BCUT2D eigenvalue weighted by atomic mass is 9.96. The first-order valence-corrected chi connectivity index (χ1v) is 6.42. The first kappa shape index (κ1) is 12.2. The van der Waals surface area contributed by atoms with Crippen molar-refractivity contribution in [1.82, 2.24) is 4.98 Å². The number of hydrogen-bond donors (Lipinski definition) is 2. The molecule has 0 bridgehead atoms. The second-order valence-electron chi connectivity index (χ2n) is 5.29. The zero-order valence-electron chi connectivity index (χ0n) is 11.0. The van der Waals surface area contributed by atoms with Crippen molar-refractivity contribution >= 4 is 10.9 Å². The third-order valence-corrected chi connectivity index (χ3v) is 3.37. The lowest BCUT2D eigenvalue weighted by Crippen LogP contribution is -2.12. The predicted octanol–water partition coefficient (Wildman–Crippen LogP) is 3.91. The maximum atomic E-state index is 6.33. The maximum Gasteiger partial charge on any atom is 0.0459 e. The molecule has 92 valence electrons. The van der Waals surface area contributed by atoms with E-state index in [4.69, 9.17) is 5.73 Å². The third kappa shape index (κ3) is 2.52. The SMILES string of the molecule is Cc1[nH]c2ccccc2c1[C@H](N)CCC(C)C. The summed E-state index contributed by atoms with van der Waals surface area (Å²) in [7, 11) is 0. The largest absolute Gasteiger partial charge is 0.358 e. The van der Waals surface area contributed by atoms with E-state index in [0.717, 1.165) is 6.42 Å². The standard InChI is InChI=1S/C15H22N2/c1-10(2)8-9-13(16)15-11(3)17-14-7-5-4-6-12(14)15/h4-7,10,13,17H,8-9,16H2,1-3H3/t13-/m1/s1. The Bertz CT molecular complexity index is 497. The van der Waals surface area contributed by atoms with Crippen LogP contribution in [0.25, 0.3) is 10.9 Å². The fourth-order valence-corrected chi connectivity index (χ4v) is 2.43. The lowest BCUT2D eigenvalue weighted by Gasteiger charge is -2.13. The molecular weight excluding hydrogens is 208 g/mol. The van der Waals surface area contributed by atoms with E-state index in [1.54, 1.807) is 0 Å². The minimum Gasteiger partial charge on any atom is -0.358 e. The molecule has 2 rings (SSSR count). The predicted molar refractivity (Wildman–Crippen MR) is 74.0 cm³/mol. The Balaban J connectivity index is 2.30.